The first kappa shape index (κ1) is 15.8. The van der Waals surface area contributed by atoms with E-state index in [1.54, 1.807) is 24.3 Å². The monoisotopic (exact) mass is 344 g/mol. The number of hydrogen-bond acceptors (Lipinski definition) is 4. The third-order valence-electron chi connectivity index (χ3n) is 5.31. The molecule has 0 amide bonds. The maximum Gasteiger partial charge on any atom is 0.297 e. The summed E-state index contributed by atoms with van der Waals surface area (Å²) in [7, 11) is -3.79. The lowest BCUT2D eigenvalue weighted by molar-refractivity contribution is 0.0936. The maximum absolute atomic E-state index is 12.6. The lowest BCUT2D eigenvalue weighted by Gasteiger charge is -2.17. The fourth-order valence-electron chi connectivity index (χ4n) is 3.82. The van der Waals surface area contributed by atoms with Crippen LogP contribution in [0.5, 0.6) is 0 Å². The molecule has 5 heteroatoms. The van der Waals surface area contributed by atoms with Gasteiger partial charge in [0.25, 0.3) is 10.1 Å². The molecule has 4 rings (SSSR count). The molecule has 1 aliphatic carbocycles. The average molecular weight is 344 g/mol. The van der Waals surface area contributed by atoms with E-state index in [1.165, 1.54) is 0 Å². The van der Waals surface area contributed by atoms with Gasteiger partial charge in [0.05, 0.1) is 4.90 Å². The van der Waals surface area contributed by atoms with Crippen LogP contribution < -0.4 is 0 Å². The zero-order valence-corrected chi connectivity index (χ0v) is 14.5. The van der Waals surface area contributed by atoms with Crippen molar-refractivity contribution in [3.05, 3.63) is 65.7 Å². The summed E-state index contributed by atoms with van der Waals surface area (Å²) in [6.07, 6.45) is 0.960. The largest absolute Gasteiger partial charge is 0.355 e. The van der Waals surface area contributed by atoms with Crippen molar-refractivity contribution < 1.29 is 17.3 Å². The van der Waals surface area contributed by atoms with E-state index in [0.29, 0.717) is 6.42 Å². The highest BCUT2D eigenvalue weighted by Crippen LogP contribution is 2.66. The van der Waals surface area contributed by atoms with Crippen LogP contribution in [0, 0.1) is 6.92 Å². The van der Waals surface area contributed by atoms with Crippen LogP contribution in [-0.2, 0) is 24.6 Å². The van der Waals surface area contributed by atoms with Crippen LogP contribution in [0.3, 0.4) is 0 Å². The second-order valence-electron chi connectivity index (χ2n) is 6.79. The summed E-state index contributed by atoms with van der Waals surface area (Å²) < 4.78 is 36.8. The minimum absolute atomic E-state index is 0.189. The fourth-order valence-corrected chi connectivity index (χ4v) is 4.99. The Labute approximate surface area is 142 Å². The molecule has 0 aromatic heterocycles. The van der Waals surface area contributed by atoms with E-state index in [1.807, 2.05) is 44.2 Å². The molecule has 2 fully saturated rings. The quantitative estimate of drug-likeness (QED) is 0.629. The minimum Gasteiger partial charge on any atom is -0.355 e. The molecule has 0 bridgehead atoms. The number of epoxide rings is 1. The summed E-state index contributed by atoms with van der Waals surface area (Å²) in [6.45, 7) is 3.86. The second kappa shape index (κ2) is 5.15. The predicted octanol–water partition coefficient (Wildman–Crippen LogP) is 3.55. The van der Waals surface area contributed by atoms with Gasteiger partial charge in [0.2, 0.25) is 0 Å². The first-order valence-corrected chi connectivity index (χ1v) is 9.54. The van der Waals surface area contributed by atoms with Crippen LogP contribution in [-0.4, -0.2) is 20.1 Å². The molecule has 4 nitrogen and oxygen atoms in total. The van der Waals surface area contributed by atoms with Crippen molar-refractivity contribution in [2.45, 2.75) is 48.9 Å². The van der Waals surface area contributed by atoms with Crippen LogP contribution in [0.25, 0.3) is 0 Å². The maximum atomic E-state index is 12.6. The Kier molecular flexibility index (Phi) is 3.39. The normalized spacial score (nSPS) is 31.7. The smallest absolute Gasteiger partial charge is 0.297 e. The Morgan fingerprint density at radius 3 is 2.38 bits per heavy atom. The summed E-state index contributed by atoms with van der Waals surface area (Å²) >= 11 is 0. The van der Waals surface area contributed by atoms with E-state index in [2.05, 4.69) is 0 Å². The third kappa shape index (κ3) is 2.23. The van der Waals surface area contributed by atoms with Gasteiger partial charge in [-0.25, -0.2) is 0 Å². The molecule has 1 aliphatic heterocycles. The Morgan fingerprint density at radius 1 is 1.08 bits per heavy atom. The highest BCUT2D eigenvalue weighted by atomic mass is 32.2. The van der Waals surface area contributed by atoms with Crippen LogP contribution in [0.15, 0.2) is 59.5 Å². The molecule has 0 radical (unpaired) electrons. The first-order chi connectivity index (χ1) is 11.4. The van der Waals surface area contributed by atoms with Gasteiger partial charge in [0, 0.05) is 0 Å². The molecule has 2 aliphatic rings. The number of benzene rings is 2. The first-order valence-electron chi connectivity index (χ1n) is 8.13. The van der Waals surface area contributed by atoms with Crippen molar-refractivity contribution in [1.29, 1.82) is 0 Å². The molecule has 3 atom stereocenters. The summed E-state index contributed by atoms with van der Waals surface area (Å²) in [5.74, 6) is 0. The van der Waals surface area contributed by atoms with E-state index in [4.69, 9.17) is 8.92 Å². The van der Waals surface area contributed by atoms with Crippen LogP contribution in [0.1, 0.15) is 30.9 Å². The van der Waals surface area contributed by atoms with Crippen molar-refractivity contribution >= 4 is 10.1 Å². The average Bonchev–Trinajstić information content (AvgIpc) is 3.11. The lowest BCUT2D eigenvalue weighted by atomic mass is 9.89. The molecule has 1 saturated heterocycles. The number of hydrogen-bond donors (Lipinski definition) is 0. The predicted molar refractivity (Wildman–Crippen MR) is 90.1 cm³/mol. The molecule has 126 valence electrons. The lowest BCUT2D eigenvalue weighted by Crippen LogP contribution is -2.31. The van der Waals surface area contributed by atoms with E-state index >= 15 is 0 Å². The number of aryl methyl sites for hydroxylation is 1. The zero-order valence-electron chi connectivity index (χ0n) is 13.7. The van der Waals surface area contributed by atoms with Gasteiger partial charge < -0.3 is 4.74 Å². The van der Waals surface area contributed by atoms with Gasteiger partial charge in [0.1, 0.15) is 17.3 Å². The third-order valence-corrected chi connectivity index (χ3v) is 6.65. The second-order valence-corrected chi connectivity index (χ2v) is 8.36. The van der Waals surface area contributed by atoms with Crippen molar-refractivity contribution in [3.8, 4) is 0 Å². The van der Waals surface area contributed by atoms with Gasteiger partial charge in [0.15, 0.2) is 0 Å². The summed E-state index contributed by atoms with van der Waals surface area (Å²) in [6, 6.07) is 16.7. The van der Waals surface area contributed by atoms with Gasteiger partial charge in [-0.15, -0.1) is 0 Å². The number of fused-ring (bicyclic) bond motifs is 1. The van der Waals surface area contributed by atoms with E-state index in [9.17, 15) is 8.42 Å². The minimum atomic E-state index is -3.79. The van der Waals surface area contributed by atoms with Crippen molar-refractivity contribution in [1.82, 2.24) is 0 Å². The summed E-state index contributed by atoms with van der Waals surface area (Å²) in [5.41, 5.74) is 1.09. The molecule has 0 N–H and O–H groups in total. The number of rotatable bonds is 4. The molecule has 24 heavy (non-hydrogen) atoms. The highest BCUT2D eigenvalue weighted by Gasteiger charge is 2.76. The van der Waals surface area contributed by atoms with Crippen molar-refractivity contribution in [3.63, 3.8) is 0 Å². The standard InChI is InChI=1S/C19H20O4S/c1-14-8-10-16(11-9-14)24(20,21)22-17-12-13-19(18(17,2)23-19)15-6-4-3-5-7-15/h3-11,17H,12-13H2,1-2H3/t17-,18-,19-/m0/s1. The Bertz CT molecular complexity index is 856. The summed E-state index contributed by atoms with van der Waals surface area (Å²) in [5, 5.41) is 0. The highest BCUT2D eigenvalue weighted by molar-refractivity contribution is 7.86. The molecule has 2 aromatic rings. The summed E-state index contributed by atoms with van der Waals surface area (Å²) in [4.78, 5) is 0.189. The van der Waals surface area contributed by atoms with Crippen LogP contribution >= 0.6 is 0 Å². The molecular weight excluding hydrogens is 324 g/mol. The van der Waals surface area contributed by atoms with Gasteiger partial charge >= 0.3 is 0 Å². The van der Waals surface area contributed by atoms with E-state index in [-0.39, 0.29) is 4.90 Å². The number of ether oxygens (including phenoxy) is 1. The van der Waals surface area contributed by atoms with Gasteiger partial charge in [-0.3, -0.25) is 4.18 Å². The Morgan fingerprint density at radius 2 is 1.75 bits per heavy atom. The van der Waals surface area contributed by atoms with Crippen molar-refractivity contribution in [2.75, 3.05) is 0 Å². The molecule has 1 saturated carbocycles. The van der Waals surface area contributed by atoms with Crippen LogP contribution in [0.2, 0.25) is 0 Å². The van der Waals surface area contributed by atoms with Crippen molar-refractivity contribution in [2.24, 2.45) is 0 Å². The van der Waals surface area contributed by atoms with Gasteiger partial charge in [-0.2, -0.15) is 8.42 Å². The fraction of sp³-hybridized carbons (Fsp3) is 0.368. The molecule has 1 heterocycles. The molecule has 2 aromatic carbocycles. The Balaban J connectivity index is 1.58. The SMILES string of the molecule is Cc1ccc(S(=O)(=O)O[C@H]2CC[C@@]3(c4ccccc4)O[C@@]23C)cc1. The van der Waals surface area contributed by atoms with Gasteiger partial charge in [-0.05, 0) is 44.4 Å². The van der Waals surface area contributed by atoms with E-state index < -0.39 is 27.4 Å². The molecule has 0 unspecified atom stereocenters. The Hall–Kier alpha value is -1.69. The van der Waals surface area contributed by atoms with Gasteiger partial charge in [-0.1, -0.05) is 48.0 Å². The molecule has 0 spiro atoms. The molecular formula is C19H20O4S. The van der Waals surface area contributed by atoms with E-state index in [0.717, 1.165) is 17.5 Å². The zero-order chi connectivity index (χ0) is 17.0. The van der Waals surface area contributed by atoms with Crippen LogP contribution in [0.4, 0.5) is 0 Å². The topological polar surface area (TPSA) is 55.9 Å².